The summed E-state index contributed by atoms with van der Waals surface area (Å²) >= 11 is 7.42. The van der Waals surface area contributed by atoms with E-state index in [0.29, 0.717) is 5.76 Å². The van der Waals surface area contributed by atoms with Gasteiger partial charge >= 0.3 is 0 Å². The van der Waals surface area contributed by atoms with E-state index in [1.807, 2.05) is 4.90 Å². The van der Waals surface area contributed by atoms with Crippen molar-refractivity contribution in [1.82, 2.24) is 9.80 Å². The molecule has 0 saturated carbocycles. The van der Waals surface area contributed by atoms with E-state index in [2.05, 4.69) is 21.7 Å². The molecule has 3 rings (SSSR count). The van der Waals surface area contributed by atoms with Crippen molar-refractivity contribution in [2.75, 3.05) is 26.2 Å². The number of amides is 1. The number of hydrogen-bond acceptors (Lipinski definition) is 4. The van der Waals surface area contributed by atoms with Gasteiger partial charge in [-0.15, -0.1) is 0 Å². The Bertz CT molecular complexity index is 574. The zero-order valence-electron chi connectivity index (χ0n) is 10.9. The molecule has 1 fully saturated rings. The predicted octanol–water partition coefficient (Wildman–Crippen LogP) is 2.95. The molecule has 4 nitrogen and oxygen atoms in total. The Balaban J connectivity index is 1.54. The first kappa shape index (κ1) is 13.7. The summed E-state index contributed by atoms with van der Waals surface area (Å²) in [5.41, 5.74) is 1.34. The molecule has 0 radical (unpaired) electrons. The summed E-state index contributed by atoms with van der Waals surface area (Å²) in [4.78, 5) is 16.4. The highest BCUT2D eigenvalue weighted by Crippen LogP contribution is 2.17. The third-order valence-corrected chi connectivity index (χ3v) is 4.36. The molecule has 20 heavy (non-hydrogen) atoms. The lowest BCUT2D eigenvalue weighted by molar-refractivity contribution is 0.0598. The van der Waals surface area contributed by atoms with Gasteiger partial charge in [-0.1, -0.05) is 0 Å². The van der Waals surface area contributed by atoms with Crippen molar-refractivity contribution in [3.63, 3.8) is 0 Å². The quantitative estimate of drug-likeness (QED) is 0.874. The van der Waals surface area contributed by atoms with Gasteiger partial charge in [0.05, 0.1) is 0 Å². The zero-order valence-corrected chi connectivity index (χ0v) is 12.5. The molecule has 106 valence electrons. The first-order valence-corrected chi connectivity index (χ1v) is 7.82. The van der Waals surface area contributed by atoms with Gasteiger partial charge in [-0.3, -0.25) is 9.69 Å². The number of rotatable bonds is 3. The molecule has 0 N–H and O–H groups in total. The standard InChI is InChI=1S/C14H15ClN2O2S/c15-13-2-1-12(19-13)14(18)17-6-4-16(5-7-17)9-11-3-8-20-10-11/h1-3,8,10H,4-7,9H2. The van der Waals surface area contributed by atoms with Crippen LogP contribution in [0.15, 0.2) is 33.4 Å². The molecule has 6 heteroatoms. The summed E-state index contributed by atoms with van der Waals surface area (Å²) in [6, 6.07) is 5.37. The van der Waals surface area contributed by atoms with Crippen molar-refractivity contribution >= 4 is 28.8 Å². The van der Waals surface area contributed by atoms with E-state index in [1.165, 1.54) is 5.56 Å². The Hall–Kier alpha value is -1.30. The maximum absolute atomic E-state index is 12.2. The molecule has 0 atom stereocenters. The normalized spacial score (nSPS) is 16.6. The van der Waals surface area contributed by atoms with Crippen LogP contribution in [0.1, 0.15) is 16.1 Å². The van der Waals surface area contributed by atoms with Crippen LogP contribution in [0, 0.1) is 0 Å². The smallest absolute Gasteiger partial charge is 0.289 e. The molecule has 0 spiro atoms. The Morgan fingerprint density at radius 3 is 2.65 bits per heavy atom. The van der Waals surface area contributed by atoms with Crippen LogP contribution in [0.4, 0.5) is 0 Å². The van der Waals surface area contributed by atoms with Crippen LogP contribution < -0.4 is 0 Å². The van der Waals surface area contributed by atoms with Crippen molar-refractivity contribution in [3.05, 3.63) is 45.5 Å². The maximum atomic E-state index is 12.2. The molecule has 0 aromatic carbocycles. The largest absolute Gasteiger partial charge is 0.440 e. The second-order valence-electron chi connectivity index (χ2n) is 4.80. The number of piperazine rings is 1. The average Bonchev–Trinajstić information content (AvgIpc) is 3.10. The fourth-order valence-corrected chi connectivity index (χ4v) is 3.14. The molecule has 0 bridgehead atoms. The van der Waals surface area contributed by atoms with Crippen LogP contribution in [-0.4, -0.2) is 41.9 Å². The van der Waals surface area contributed by atoms with Crippen LogP contribution in [0.5, 0.6) is 0 Å². The molecule has 0 aliphatic carbocycles. The minimum absolute atomic E-state index is 0.0768. The van der Waals surface area contributed by atoms with Crippen LogP contribution in [0.2, 0.25) is 5.22 Å². The lowest BCUT2D eigenvalue weighted by atomic mass is 10.2. The van der Waals surface area contributed by atoms with Crippen molar-refractivity contribution in [2.45, 2.75) is 6.54 Å². The second-order valence-corrected chi connectivity index (χ2v) is 5.96. The third kappa shape index (κ3) is 3.06. The van der Waals surface area contributed by atoms with E-state index in [1.54, 1.807) is 23.5 Å². The van der Waals surface area contributed by atoms with Gasteiger partial charge in [0.1, 0.15) is 0 Å². The van der Waals surface area contributed by atoms with E-state index in [9.17, 15) is 4.79 Å². The van der Waals surface area contributed by atoms with Crippen molar-refractivity contribution in [3.8, 4) is 0 Å². The summed E-state index contributed by atoms with van der Waals surface area (Å²) < 4.78 is 5.17. The van der Waals surface area contributed by atoms with Gasteiger partial charge < -0.3 is 9.32 Å². The number of carbonyl (C=O) groups is 1. The summed E-state index contributed by atoms with van der Waals surface area (Å²) in [5.74, 6) is 0.244. The second kappa shape index (κ2) is 5.99. The predicted molar refractivity (Wildman–Crippen MR) is 79.2 cm³/mol. The first-order valence-electron chi connectivity index (χ1n) is 6.50. The van der Waals surface area contributed by atoms with Gasteiger partial charge in [-0.2, -0.15) is 11.3 Å². The number of hydrogen-bond donors (Lipinski definition) is 0. The Kier molecular flexibility index (Phi) is 4.10. The monoisotopic (exact) mass is 310 g/mol. The molecule has 2 aromatic heterocycles. The number of nitrogens with zero attached hydrogens (tertiary/aromatic N) is 2. The molecule has 1 aliphatic heterocycles. The van der Waals surface area contributed by atoms with E-state index in [4.69, 9.17) is 16.0 Å². The Labute approximate surface area is 126 Å². The van der Waals surface area contributed by atoms with Gasteiger partial charge in [0.2, 0.25) is 0 Å². The molecule has 2 aromatic rings. The summed E-state index contributed by atoms with van der Waals surface area (Å²) in [6.07, 6.45) is 0. The fraction of sp³-hybridized carbons (Fsp3) is 0.357. The summed E-state index contributed by atoms with van der Waals surface area (Å²) in [6.45, 7) is 4.17. The van der Waals surface area contributed by atoms with Crippen LogP contribution in [0.25, 0.3) is 0 Å². The molecule has 1 saturated heterocycles. The Morgan fingerprint density at radius 2 is 2.05 bits per heavy atom. The van der Waals surface area contributed by atoms with Gasteiger partial charge in [-0.25, -0.2) is 0 Å². The first-order chi connectivity index (χ1) is 9.72. The summed E-state index contributed by atoms with van der Waals surface area (Å²) in [7, 11) is 0. The van der Waals surface area contributed by atoms with E-state index >= 15 is 0 Å². The number of carbonyl (C=O) groups excluding carboxylic acids is 1. The number of furan rings is 1. The van der Waals surface area contributed by atoms with Gasteiger partial charge in [0.15, 0.2) is 11.0 Å². The highest BCUT2D eigenvalue weighted by atomic mass is 35.5. The summed E-state index contributed by atoms with van der Waals surface area (Å²) in [5, 5.41) is 4.52. The van der Waals surface area contributed by atoms with Crippen molar-refractivity contribution in [2.24, 2.45) is 0 Å². The van der Waals surface area contributed by atoms with E-state index < -0.39 is 0 Å². The van der Waals surface area contributed by atoms with Gasteiger partial charge in [-0.05, 0) is 46.1 Å². The van der Waals surface area contributed by atoms with Crippen molar-refractivity contribution in [1.29, 1.82) is 0 Å². The number of thiophene rings is 1. The lowest BCUT2D eigenvalue weighted by Crippen LogP contribution is -2.48. The minimum Gasteiger partial charge on any atom is -0.440 e. The fourth-order valence-electron chi connectivity index (χ4n) is 2.33. The molecular formula is C14H15ClN2O2S. The van der Waals surface area contributed by atoms with Gasteiger partial charge in [0.25, 0.3) is 5.91 Å². The highest BCUT2D eigenvalue weighted by Gasteiger charge is 2.24. The minimum atomic E-state index is -0.0768. The van der Waals surface area contributed by atoms with E-state index in [-0.39, 0.29) is 11.1 Å². The molecule has 3 heterocycles. The molecular weight excluding hydrogens is 296 g/mol. The van der Waals surface area contributed by atoms with Crippen LogP contribution in [0.3, 0.4) is 0 Å². The molecule has 1 aliphatic rings. The SMILES string of the molecule is O=C(c1ccc(Cl)o1)N1CCN(Cc2ccsc2)CC1. The highest BCUT2D eigenvalue weighted by molar-refractivity contribution is 7.07. The van der Waals surface area contributed by atoms with E-state index in [0.717, 1.165) is 32.7 Å². The topological polar surface area (TPSA) is 36.7 Å². The lowest BCUT2D eigenvalue weighted by Gasteiger charge is -2.34. The molecule has 1 amide bonds. The maximum Gasteiger partial charge on any atom is 0.289 e. The van der Waals surface area contributed by atoms with Crippen molar-refractivity contribution < 1.29 is 9.21 Å². The third-order valence-electron chi connectivity index (χ3n) is 3.43. The zero-order chi connectivity index (χ0) is 13.9. The van der Waals surface area contributed by atoms with Crippen LogP contribution in [-0.2, 0) is 6.54 Å². The van der Waals surface area contributed by atoms with Gasteiger partial charge in [0, 0.05) is 32.7 Å². The average molecular weight is 311 g/mol. The Morgan fingerprint density at radius 1 is 1.25 bits per heavy atom. The number of halogens is 1. The molecule has 0 unspecified atom stereocenters. The van der Waals surface area contributed by atoms with Crippen LogP contribution >= 0.6 is 22.9 Å².